The fraction of sp³-hybridized carbons (Fsp3) is 0.111. The molecule has 10 aromatic rings. The summed E-state index contributed by atoms with van der Waals surface area (Å²) in [4.78, 5) is 18.0. The topological polar surface area (TPSA) is 108 Å². The van der Waals surface area contributed by atoms with Crippen LogP contribution >= 0.6 is 0 Å². The van der Waals surface area contributed by atoms with Crippen LogP contribution in [0.2, 0.25) is 0 Å². The first-order valence-electron chi connectivity index (χ1n) is 18.7. The van der Waals surface area contributed by atoms with Gasteiger partial charge in [0.1, 0.15) is 25.3 Å². The Morgan fingerprint density at radius 2 is 1.13 bits per heavy atom. The normalized spacial score (nSPS) is 11.6. The van der Waals surface area contributed by atoms with Gasteiger partial charge in [-0.15, -0.1) is 0 Å². The van der Waals surface area contributed by atoms with Crippen LogP contribution in [0.1, 0.15) is 6.42 Å². The molecule has 0 aliphatic heterocycles. The van der Waals surface area contributed by atoms with Crippen LogP contribution in [0.4, 0.5) is 17.1 Å². The van der Waals surface area contributed by atoms with Gasteiger partial charge in [0.25, 0.3) is 0 Å². The third-order valence-corrected chi connectivity index (χ3v) is 10.5. The number of nitrogens with zero attached hydrogens (tertiary/aromatic N) is 7. The van der Waals surface area contributed by atoms with Crippen molar-refractivity contribution in [2.24, 2.45) is 0 Å². The summed E-state index contributed by atoms with van der Waals surface area (Å²) >= 11 is 0. The molecule has 0 aliphatic carbocycles. The van der Waals surface area contributed by atoms with E-state index in [0.29, 0.717) is 0 Å². The number of nitrogens with one attached hydrogen (secondary N) is 3. The lowest BCUT2D eigenvalue weighted by atomic mass is 9.99. The minimum atomic E-state index is 0.724. The van der Waals surface area contributed by atoms with E-state index in [0.717, 1.165) is 77.3 Å². The Balaban J connectivity index is 0.966. The van der Waals surface area contributed by atoms with Gasteiger partial charge in [0.2, 0.25) is 0 Å². The van der Waals surface area contributed by atoms with Crippen molar-refractivity contribution in [3.63, 3.8) is 0 Å². The molecule has 4 aromatic heterocycles. The number of para-hydroxylation sites is 1. The van der Waals surface area contributed by atoms with Crippen molar-refractivity contribution in [3.05, 3.63) is 153 Å². The highest BCUT2D eigenvalue weighted by Crippen LogP contribution is 2.38. The van der Waals surface area contributed by atoms with Gasteiger partial charge in [-0.2, -0.15) is 10.2 Å². The Hall–Kier alpha value is -7.20. The molecule has 0 aliphatic rings. The summed E-state index contributed by atoms with van der Waals surface area (Å²) in [5, 5.41) is 17.0. The first-order valence-corrected chi connectivity index (χ1v) is 18.7. The van der Waals surface area contributed by atoms with Crippen LogP contribution in [-0.4, -0.2) is 52.6 Å². The van der Waals surface area contributed by atoms with Crippen molar-refractivity contribution in [2.75, 3.05) is 23.3 Å². The van der Waals surface area contributed by atoms with Crippen LogP contribution in [0, 0.1) is 0 Å². The summed E-state index contributed by atoms with van der Waals surface area (Å²) in [6.07, 6.45) is 7.61. The van der Waals surface area contributed by atoms with Crippen LogP contribution in [-0.2, 0) is 13.1 Å². The van der Waals surface area contributed by atoms with Crippen molar-refractivity contribution >= 4 is 60.7 Å². The summed E-state index contributed by atoms with van der Waals surface area (Å²) in [6.45, 7) is 3.11. The van der Waals surface area contributed by atoms with E-state index in [9.17, 15) is 0 Å². The number of benzene rings is 6. The van der Waals surface area contributed by atoms with Gasteiger partial charge < -0.3 is 20.2 Å². The number of aromatic nitrogens is 8. The molecule has 10 rings (SSSR count). The number of aryl methyl sites for hydroxylation is 1. The molecule has 3 N–H and O–H groups in total. The molecule has 268 valence electrons. The molecule has 55 heavy (non-hydrogen) atoms. The smallest absolute Gasteiger partial charge is 0.137 e. The lowest BCUT2D eigenvalue weighted by Gasteiger charge is -2.25. The molecule has 0 atom stereocenters. The van der Waals surface area contributed by atoms with Gasteiger partial charge in [0.05, 0.1) is 6.54 Å². The molecule has 6 aromatic carbocycles. The Bertz CT molecular complexity index is 2870. The van der Waals surface area contributed by atoms with Crippen molar-refractivity contribution in [1.29, 1.82) is 0 Å². The van der Waals surface area contributed by atoms with E-state index in [2.05, 4.69) is 168 Å². The van der Waals surface area contributed by atoms with E-state index in [1.807, 2.05) is 9.36 Å². The fourth-order valence-corrected chi connectivity index (χ4v) is 7.79. The molecule has 10 nitrogen and oxygen atoms in total. The predicted molar refractivity (Wildman–Crippen MR) is 223 cm³/mol. The van der Waals surface area contributed by atoms with Crippen LogP contribution in [0.3, 0.4) is 0 Å². The Morgan fingerprint density at radius 1 is 0.527 bits per heavy atom. The summed E-state index contributed by atoms with van der Waals surface area (Å²) in [5.41, 5.74) is 12.5. The van der Waals surface area contributed by atoms with Gasteiger partial charge in [-0.05, 0) is 71.6 Å². The molecule has 0 fully saturated rings. The second-order valence-corrected chi connectivity index (χ2v) is 13.9. The monoisotopic (exact) mass is 718 g/mol. The molecule has 10 heteroatoms. The van der Waals surface area contributed by atoms with Crippen LogP contribution in [0.5, 0.6) is 0 Å². The molecule has 0 amide bonds. The van der Waals surface area contributed by atoms with E-state index in [1.165, 1.54) is 38.2 Å². The predicted octanol–water partition coefficient (Wildman–Crippen LogP) is 9.81. The number of fused-ring (bicyclic) bond motifs is 6. The van der Waals surface area contributed by atoms with E-state index in [-0.39, 0.29) is 0 Å². The lowest BCUT2D eigenvalue weighted by molar-refractivity contribution is 0.580. The van der Waals surface area contributed by atoms with Crippen molar-refractivity contribution in [1.82, 2.24) is 39.5 Å². The SMILES string of the molecule is c1ccc(-c2cc3c(cc2NCCn2cncn2)[nH]c2cc(-c4ccc5c(c4)[nH]c4cc(N(CCCn6cncn6)c6ccccc6)ccc45)ccc23)cc1. The van der Waals surface area contributed by atoms with E-state index in [1.54, 1.807) is 25.3 Å². The Morgan fingerprint density at radius 3 is 1.80 bits per heavy atom. The average molecular weight is 719 g/mol. The minimum absolute atomic E-state index is 0.724. The molecule has 0 radical (unpaired) electrons. The summed E-state index contributed by atoms with van der Waals surface area (Å²) in [7, 11) is 0. The average Bonchev–Trinajstić information content (AvgIpc) is 4.06. The first kappa shape index (κ1) is 32.5. The quantitative estimate of drug-likeness (QED) is 0.116. The third kappa shape index (κ3) is 6.33. The van der Waals surface area contributed by atoms with E-state index in [4.69, 9.17) is 0 Å². The number of H-pyrrole nitrogens is 2. The zero-order valence-corrected chi connectivity index (χ0v) is 30.1. The number of hydrogen-bond acceptors (Lipinski definition) is 6. The molecule has 0 saturated carbocycles. The molecular weight excluding hydrogens is 681 g/mol. The van der Waals surface area contributed by atoms with Gasteiger partial charge in [0, 0.05) is 85.9 Å². The Labute approximate surface area is 317 Å². The highest BCUT2D eigenvalue weighted by atomic mass is 15.3. The summed E-state index contributed by atoms with van der Waals surface area (Å²) < 4.78 is 3.73. The highest BCUT2D eigenvalue weighted by Gasteiger charge is 2.15. The highest BCUT2D eigenvalue weighted by molar-refractivity contribution is 6.12. The standard InChI is InChI=1S/C45H38N10/c1-3-8-31(9-4-1)39-25-40-38-16-13-33(23-43(38)52-45(40)26-41(39)48-18-21-54-30-47-28-50-54)32-12-15-36-37-17-14-35(24-44(37)51-42(36)22-32)55(34-10-5-2-6-11-34)20-7-19-53-29-46-27-49-53/h1-6,8-17,22-30,48,51-52H,7,18-21H2. The lowest BCUT2D eigenvalue weighted by Crippen LogP contribution is -2.20. The summed E-state index contributed by atoms with van der Waals surface area (Å²) in [5.74, 6) is 0. The third-order valence-electron chi connectivity index (χ3n) is 10.5. The maximum absolute atomic E-state index is 4.28. The first-order chi connectivity index (χ1) is 27.2. The molecule has 0 saturated heterocycles. The van der Waals surface area contributed by atoms with Gasteiger partial charge in [-0.3, -0.25) is 9.36 Å². The zero-order chi connectivity index (χ0) is 36.6. The number of hydrogen-bond donors (Lipinski definition) is 3. The largest absolute Gasteiger partial charge is 0.383 e. The number of anilines is 3. The molecule has 0 unspecified atom stereocenters. The van der Waals surface area contributed by atoms with Crippen molar-refractivity contribution < 1.29 is 0 Å². The molecule has 0 spiro atoms. The van der Waals surface area contributed by atoms with E-state index < -0.39 is 0 Å². The second-order valence-electron chi connectivity index (χ2n) is 13.9. The van der Waals surface area contributed by atoms with Crippen LogP contribution < -0.4 is 10.2 Å². The van der Waals surface area contributed by atoms with E-state index >= 15 is 0 Å². The van der Waals surface area contributed by atoms with Crippen LogP contribution in [0.15, 0.2) is 153 Å². The molecule has 0 bridgehead atoms. The van der Waals surface area contributed by atoms with Crippen molar-refractivity contribution in [3.8, 4) is 22.3 Å². The van der Waals surface area contributed by atoms with Gasteiger partial charge >= 0.3 is 0 Å². The Kier molecular flexibility index (Phi) is 8.25. The molecular formula is C45H38N10. The van der Waals surface area contributed by atoms with Gasteiger partial charge in [0.15, 0.2) is 0 Å². The maximum atomic E-state index is 4.28. The van der Waals surface area contributed by atoms with Gasteiger partial charge in [-0.25, -0.2) is 9.97 Å². The van der Waals surface area contributed by atoms with Crippen molar-refractivity contribution in [2.45, 2.75) is 19.5 Å². The van der Waals surface area contributed by atoms with Crippen LogP contribution in [0.25, 0.3) is 65.9 Å². The maximum Gasteiger partial charge on any atom is 0.137 e. The summed E-state index contributed by atoms with van der Waals surface area (Å²) in [6, 6.07) is 46.0. The molecule has 4 heterocycles. The van der Waals surface area contributed by atoms with Gasteiger partial charge in [-0.1, -0.05) is 78.9 Å². The minimum Gasteiger partial charge on any atom is -0.383 e. The second kappa shape index (κ2) is 14.0. The fourth-order valence-electron chi connectivity index (χ4n) is 7.79. The number of aromatic amines is 2. The number of rotatable bonds is 12. The zero-order valence-electron chi connectivity index (χ0n) is 30.1.